The molecule has 0 saturated heterocycles. The molecule has 0 saturated carbocycles. The van der Waals surface area contributed by atoms with Gasteiger partial charge in [0.05, 0.1) is 0 Å². The number of rotatable bonds is 13. The highest BCUT2D eigenvalue weighted by Crippen LogP contribution is 2.32. The Balaban J connectivity index is -0.000000312. The third-order valence-corrected chi connectivity index (χ3v) is 25.8. The third kappa shape index (κ3) is 22.5. The van der Waals surface area contributed by atoms with Crippen LogP contribution in [0.3, 0.4) is 0 Å². The zero-order valence-electron chi connectivity index (χ0n) is 19.7. The molecule has 0 aliphatic rings. The number of hydrogen-bond donors (Lipinski definition) is 0. The molecule has 4 nitrogen and oxygen atoms in total. The summed E-state index contributed by atoms with van der Waals surface area (Å²) >= 11 is 0. The van der Waals surface area contributed by atoms with Gasteiger partial charge in [-0.05, 0) is 70.0 Å². The van der Waals surface area contributed by atoms with Crippen molar-refractivity contribution < 1.29 is 17.1 Å². The predicted octanol–water partition coefficient (Wildman–Crippen LogP) is 9.33. The fraction of sp³-hybridized carbons (Fsp3) is 1.00. The monoisotopic (exact) mass is 534 g/mol. The summed E-state index contributed by atoms with van der Waals surface area (Å²) in [5.74, 6) is 0. The second-order valence-corrected chi connectivity index (χ2v) is 33.0. The average molecular weight is 535 g/mol. The Morgan fingerprint density at radius 1 is 0.645 bits per heavy atom. The van der Waals surface area contributed by atoms with Crippen molar-refractivity contribution in [2.24, 2.45) is 0 Å². The first-order valence-electron chi connectivity index (χ1n) is 10.0. The maximum atomic E-state index is 7.05. The first-order valence-corrected chi connectivity index (χ1v) is 25.3. The molecule has 0 bridgehead atoms. The first-order chi connectivity index (χ1) is 11.4. The molecule has 0 aromatic carbocycles. The van der Waals surface area contributed by atoms with E-state index >= 15 is 0 Å². The maximum Gasteiger partial charge on any atom is 0.315 e. The van der Waals surface area contributed by atoms with Crippen LogP contribution < -0.4 is 0 Å². The Hall–Kier alpha value is 0.924. The van der Waals surface area contributed by atoms with Crippen LogP contribution >= 0.6 is 0 Å². The van der Waals surface area contributed by atoms with Gasteiger partial charge in [0.15, 0.2) is 16.6 Å². The van der Waals surface area contributed by atoms with E-state index in [-0.39, 0.29) is 37.1 Å². The van der Waals surface area contributed by atoms with Gasteiger partial charge in [0.2, 0.25) is 0 Å². The molecule has 0 fully saturated rings. The van der Waals surface area contributed by atoms with E-state index < -0.39 is 41.8 Å². The first kappa shape index (κ1) is 45.4. The van der Waals surface area contributed by atoms with E-state index in [2.05, 4.69) is 72.4 Å². The summed E-state index contributed by atoms with van der Waals surface area (Å²) in [7, 11) is -7.33. The molecule has 0 aliphatic heterocycles. The Labute approximate surface area is 206 Å². The van der Waals surface area contributed by atoms with Crippen LogP contribution in [0, 0.1) is 0 Å². The van der Waals surface area contributed by atoms with Crippen LogP contribution in [-0.2, 0) is 17.1 Å². The van der Waals surface area contributed by atoms with Crippen LogP contribution in [-0.4, -0.2) is 55.5 Å². The molecule has 0 heterocycles. The molecule has 2 atom stereocenters. The molecule has 0 spiro atoms. The van der Waals surface area contributed by atoms with Crippen molar-refractivity contribution in [2.45, 2.75) is 134 Å². The van der Waals surface area contributed by atoms with Gasteiger partial charge in [-0.15, -0.1) is 0 Å². The maximum absolute atomic E-state index is 7.05. The van der Waals surface area contributed by atoms with E-state index in [1.807, 2.05) is 0 Å². The summed E-state index contributed by atoms with van der Waals surface area (Å²) in [6, 6.07) is 2.14. The molecule has 0 aliphatic carbocycles. The number of hydrogen-bond acceptors (Lipinski definition) is 4. The molecule has 0 radical (unpaired) electrons. The van der Waals surface area contributed by atoms with Crippen LogP contribution in [0.15, 0.2) is 0 Å². The fourth-order valence-electron chi connectivity index (χ4n) is 3.85. The quantitative estimate of drug-likeness (QED) is 0.174. The van der Waals surface area contributed by atoms with E-state index in [1.165, 1.54) is 5.67 Å². The summed E-state index contributed by atoms with van der Waals surface area (Å²) in [4.78, 5) is 0. The second-order valence-electron chi connectivity index (χ2n) is 10.6. The molecular formula is C22H66O4Si5. The molecule has 0 rings (SSSR count). The lowest BCUT2D eigenvalue weighted by Crippen LogP contribution is -2.58. The Morgan fingerprint density at radius 3 is 1.42 bits per heavy atom. The van der Waals surface area contributed by atoms with E-state index in [9.17, 15) is 0 Å². The molecule has 0 amide bonds. The van der Waals surface area contributed by atoms with Gasteiger partial charge in [-0.1, -0.05) is 63.7 Å². The van der Waals surface area contributed by atoms with Gasteiger partial charge in [0.1, 0.15) is 0 Å². The zero-order chi connectivity index (χ0) is 20.9. The summed E-state index contributed by atoms with van der Waals surface area (Å²) in [6.07, 6.45) is 1.09. The molecule has 2 unspecified atom stereocenters. The summed E-state index contributed by atoms with van der Waals surface area (Å²) in [6.45, 7) is 26.2. The highest BCUT2D eigenvalue weighted by molar-refractivity contribution is 6.96. The lowest BCUT2D eigenvalue weighted by Gasteiger charge is -2.44. The predicted molar refractivity (Wildman–Crippen MR) is 161 cm³/mol. The van der Waals surface area contributed by atoms with Crippen molar-refractivity contribution >= 4 is 41.8 Å². The zero-order valence-corrected chi connectivity index (χ0v) is 24.7. The van der Waals surface area contributed by atoms with Gasteiger partial charge in [0, 0.05) is 21.8 Å². The highest BCUT2D eigenvalue weighted by atomic mass is 28.5. The van der Waals surface area contributed by atoms with Gasteiger partial charge in [-0.3, -0.25) is 0 Å². The fourth-order valence-corrected chi connectivity index (χ4v) is 32.2. The van der Waals surface area contributed by atoms with Crippen LogP contribution in [0.2, 0.25) is 83.2 Å². The Kier molecular flexibility index (Phi) is 25.5. The summed E-state index contributed by atoms with van der Waals surface area (Å²) < 4.78 is 25.6. The summed E-state index contributed by atoms with van der Waals surface area (Å²) in [5, 5.41) is 0. The molecule has 31 heavy (non-hydrogen) atoms. The van der Waals surface area contributed by atoms with Crippen molar-refractivity contribution in [3.63, 3.8) is 0 Å². The highest BCUT2D eigenvalue weighted by Gasteiger charge is 2.46. The van der Waals surface area contributed by atoms with Crippen LogP contribution in [0.1, 0.15) is 50.5 Å². The van der Waals surface area contributed by atoms with Crippen molar-refractivity contribution in [1.29, 1.82) is 0 Å². The topological polar surface area (TPSA) is 36.9 Å². The smallest absolute Gasteiger partial charge is 0.315 e. The molecule has 0 N–H and O–H groups in total. The SMILES string of the molecule is C.C.C.C.C.CC[Si](C)(O[Si](C)(CCCOC)C[Si](C)(C)C)O[Si](C)(C)O[Si](C)(C)C. The molecule has 0 aromatic heterocycles. The molecular weight excluding hydrogens is 469 g/mol. The Morgan fingerprint density at radius 2 is 1.10 bits per heavy atom. The summed E-state index contributed by atoms with van der Waals surface area (Å²) in [5.41, 5.74) is 1.28. The van der Waals surface area contributed by atoms with E-state index in [4.69, 9.17) is 17.1 Å². The van der Waals surface area contributed by atoms with E-state index in [0.29, 0.717) is 0 Å². The lowest BCUT2D eigenvalue weighted by atomic mass is 10.5. The van der Waals surface area contributed by atoms with Gasteiger partial charge >= 0.3 is 17.1 Å². The van der Waals surface area contributed by atoms with E-state index in [1.54, 1.807) is 7.11 Å². The number of ether oxygens (including phenoxy) is 1. The normalized spacial score (nSPS) is 15.5. The van der Waals surface area contributed by atoms with Crippen molar-refractivity contribution in [3.05, 3.63) is 0 Å². The second kappa shape index (κ2) is 17.4. The third-order valence-electron chi connectivity index (χ3n) is 4.08. The van der Waals surface area contributed by atoms with Gasteiger partial charge < -0.3 is 17.1 Å². The van der Waals surface area contributed by atoms with Crippen LogP contribution in [0.25, 0.3) is 0 Å². The van der Waals surface area contributed by atoms with Crippen molar-refractivity contribution in [1.82, 2.24) is 0 Å². The van der Waals surface area contributed by atoms with Crippen LogP contribution in [0.4, 0.5) is 0 Å². The van der Waals surface area contributed by atoms with E-state index in [0.717, 1.165) is 25.1 Å². The minimum absolute atomic E-state index is 0. The van der Waals surface area contributed by atoms with Crippen LogP contribution in [0.5, 0.6) is 0 Å². The van der Waals surface area contributed by atoms with Gasteiger partial charge in [-0.2, -0.15) is 0 Å². The van der Waals surface area contributed by atoms with Crippen molar-refractivity contribution in [2.75, 3.05) is 13.7 Å². The molecule has 9 heteroatoms. The number of methoxy groups -OCH3 is 1. The lowest BCUT2D eigenvalue weighted by molar-refractivity contribution is 0.197. The van der Waals surface area contributed by atoms with Gasteiger partial charge in [0.25, 0.3) is 0 Å². The minimum Gasteiger partial charge on any atom is -0.437 e. The van der Waals surface area contributed by atoms with Crippen molar-refractivity contribution in [3.8, 4) is 0 Å². The average Bonchev–Trinajstić information content (AvgIpc) is 2.32. The van der Waals surface area contributed by atoms with Gasteiger partial charge in [-0.25, -0.2) is 0 Å². The standard InChI is InChI=1S/C17H46O4Si5.5CH4/c1-13-26(12,20-24(9,10)19-23(6,7)8)21-25(11,16-14-15-18-2)17-22(3,4)5;;;;;/h13-17H2,1-12H3;5*1H4. The minimum atomic E-state index is -2.25. The molecule has 198 valence electrons. The Bertz CT molecular complexity index is 425. The molecule has 0 aromatic rings. The largest absolute Gasteiger partial charge is 0.437 e.